The van der Waals surface area contributed by atoms with Crippen molar-refractivity contribution in [3.8, 4) is 0 Å². The summed E-state index contributed by atoms with van der Waals surface area (Å²) in [7, 11) is 0. The number of hydrogen-bond acceptors (Lipinski definition) is 4. The summed E-state index contributed by atoms with van der Waals surface area (Å²) in [5.74, 6) is 0. The van der Waals surface area contributed by atoms with E-state index in [0.29, 0.717) is 26.4 Å². The highest BCUT2D eigenvalue weighted by Gasteiger charge is 2.56. The second-order valence-electron chi connectivity index (χ2n) is 9.36. The molecule has 2 unspecified atom stereocenters. The zero-order valence-electron chi connectivity index (χ0n) is 20.6. The number of rotatable bonds is 11. The molecule has 2 heterocycles. The Morgan fingerprint density at radius 1 is 0.722 bits per heavy atom. The minimum atomic E-state index is -0.740. The molecule has 0 spiro atoms. The lowest BCUT2D eigenvalue weighted by Gasteiger charge is -2.35. The van der Waals surface area contributed by atoms with Gasteiger partial charge in [0.25, 0.3) is 0 Å². The van der Waals surface area contributed by atoms with Crippen LogP contribution in [0.3, 0.4) is 0 Å². The minimum Gasteiger partial charge on any atom is -0.374 e. The van der Waals surface area contributed by atoms with Crippen LogP contribution in [0.5, 0.6) is 0 Å². The Hall–Kier alpha value is -3.22. The molecule has 0 bridgehead atoms. The van der Waals surface area contributed by atoms with E-state index in [4.69, 9.17) is 18.9 Å². The average Bonchev–Trinajstić information content (AvgIpc) is 3.55. The molecule has 1 aliphatic rings. The smallest absolute Gasteiger partial charge is 0.129 e. The number of hydrogen-bond donors (Lipinski definition) is 1. The first-order valence-electron chi connectivity index (χ1n) is 12.5. The van der Waals surface area contributed by atoms with Crippen LogP contribution in [0.15, 0.2) is 109 Å². The molecule has 3 aromatic carbocycles. The highest BCUT2D eigenvalue weighted by atomic mass is 16.6. The summed E-state index contributed by atoms with van der Waals surface area (Å²) in [6.07, 6.45) is 0.939. The minimum absolute atomic E-state index is 0.300. The van der Waals surface area contributed by atoms with Gasteiger partial charge in [0, 0.05) is 11.9 Å². The van der Waals surface area contributed by atoms with Crippen molar-refractivity contribution in [3.63, 3.8) is 0 Å². The largest absolute Gasteiger partial charge is 0.374 e. The monoisotopic (exact) mass is 483 g/mol. The van der Waals surface area contributed by atoms with Crippen molar-refractivity contribution in [3.05, 3.63) is 132 Å². The van der Waals surface area contributed by atoms with Gasteiger partial charge in [-0.1, -0.05) is 91.0 Å². The van der Waals surface area contributed by atoms with Crippen molar-refractivity contribution >= 4 is 0 Å². The van der Waals surface area contributed by atoms with Gasteiger partial charge in [-0.15, -0.1) is 0 Å². The Morgan fingerprint density at radius 3 is 1.89 bits per heavy atom. The molecular weight excluding hydrogens is 450 g/mol. The van der Waals surface area contributed by atoms with Crippen molar-refractivity contribution in [2.45, 2.75) is 50.7 Å². The lowest BCUT2D eigenvalue weighted by molar-refractivity contribution is -0.148. The lowest BCUT2D eigenvalue weighted by Crippen LogP contribution is -2.47. The third kappa shape index (κ3) is 5.77. The number of aromatic nitrogens is 1. The second-order valence-corrected chi connectivity index (χ2v) is 9.36. The first-order valence-corrected chi connectivity index (χ1v) is 12.5. The SMILES string of the molecule is C[C@]1(OCc2ccccc2)C(c2ccc[nH]2)OC(COCc2ccccc2)[C@H]1OCc1ccccc1. The summed E-state index contributed by atoms with van der Waals surface area (Å²) < 4.78 is 26.1. The van der Waals surface area contributed by atoms with E-state index >= 15 is 0 Å². The van der Waals surface area contributed by atoms with E-state index < -0.39 is 5.60 Å². The maximum Gasteiger partial charge on any atom is 0.129 e. The normalized spacial score (nSPS) is 23.6. The van der Waals surface area contributed by atoms with Gasteiger partial charge in [-0.2, -0.15) is 0 Å². The Bertz CT molecular complexity index is 1170. The predicted octanol–water partition coefficient (Wildman–Crippen LogP) is 6.23. The van der Waals surface area contributed by atoms with Gasteiger partial charge in [0.05, 0.1) is 26.4 Å². The van der Waals surface area contributed by atoms with E-state index in [-0.39, 0.29) is 18.3 Å². The topological polar surface area (TPSA) is 52.7 Å². The predicted molar refractivity (Wildman–Crippen MR) is 139 cm³/mol. The molecule has 0 saturated carbocycles. The molecule has 5 rings (SSSR count). The van der Waals surface area contributed by atoms with Gasteiger partial charge in [-0.25, -0.2) is 0 Å². The molecule has 0 radical (unpaired) electrons. The molecule has 1 saturated heterocycles. The van der Waals surface area contributed by atoms with Crippen LogP contribution in [0.4, 0.5) is 0 Å². The number of H-pyrrole nitrogens is 1. The van der Waals surface area contributed by atoms with Crippen LogP contribution in [0.25, 0.3) is 0 Å². The standard InChI is InChI=1S/C31H33NO4/c1-31(35-22-26-16-9-4-10-17-26)29(27-18-11-19-32-27)36-28(23-33-20-24-12-5-2-6-13-24)30(31)34-21-25-14-7-3-8-15-25/h2-19,28-30,32H,20-23H2,1H3/t28?,29?,30-,31+/m1/s1. The zero-order chi connectivity index (χ0) is 24.6. The van der Waals surface area contributed by atoms with Gasteiger partial charge in [0.2, 0.25) is 0 Å². The van der Waals surface area contributed by atoms with Gasteiger partial charge >= 0.3 is 0 Å². The summed E-state index contributed by atoms with van der Waals surface area (Å²) >= 11 is 0. The van der Waals surface area contributed by atoms with Gasteiger partial charge in [0.15, 0.2) is 0 Å². The molecule has 36 heavy (non-hydrogen) atoms. The van der Waals surface area contributed by atoms with Gasteiger partial charge in [0.1, 0.15) is 23.9 Å². The lowest BCUT2D eigenvalue weighted by atomic mass is 9.90. The fourth-order valence-electron chi connectivity index (χ4n) is 4.79. The molecule has 186 valence electrons. The molecular formula is C31H33NO4. The molecule has 0 aliphatic carbocycles. The summed E-state index contributed by atoms with van der Waals surface area (Å²) in [6, 6.07) is 34.6. The fraction of sp³-hybridized carbons (Fsp3) is 0.290. The van der Waals surface area contributed by atoms with Crippen LogP contribution in [-0.2, 0) is 38.8 Å². The van der Waals surface area contributed by atoms with Crippen LogP contribution >= 0.6 is 0 Å². The Morgan fingerprint density at radius 2 is 1.31 bits per heavy atom. The number of ether oxygens (including phenoxy) is 4. The zero-order valence-corrected chi connectivity index (χ0v) is 20.6. The maximum atomic E-state index is 6.68. The quantitative estimate of drug-likeness (QED) is 0.275. The first-order chi connectivity index (χ1) is 17.7. The maximum absolute atomic E-state index is 6.68. The molecule has 1 aromatic heterocycles. The Labute approximate surface area is 213 Å². The summed E-state index contributed by atoms with van der Waals surface area (Å²) in [6.45, 7) is 3.93. The third-order valence-electron chi connectivity index (χ3n) is 6.70. The van der Waals surface area contributed by atoms with E-state index in [1.54, 1.807) is 0 Å². The summed E-state index contributed by atoms with van der Waals surface area (Å²) in [5.41, 5.74) is 3.56. The van der Waals surface area contributed by atoms with Crippen LogP contribution in [-0.4, -0.2) is 29.4 Å². The van der Waals surface area contributed by atoms with Crippen molar-refractivity contribution in [2.24, 2.45) is 0 Å². The molecule has 1 aliphatic heterocycles. The van der Waals surface area contributed by atoms with Crippen molar-refractivity contribution < 1.29 is 18.9 Å². The van der Waals surface area contributed by atoms with Crippen LogP contribution < -0.4 is 0 Å². The first kappa shape index (κ1) is 24.5. The van der Waals surface area contributed by atoms with E-state index in [2.05, 4.69) is 48.3 Å². The van der Waals surface area contributed by atoms with Gasteiger partial charge < -0.3 is 23.9 Å². The average molecular weight is 484 g/mol. The van der Waals surface area contributed by atoms with Crippen molar-refractivity contribution in [2.75, 3.05) is 6.61 Å². The van der Waals surface area contributed by atoms with Crippen molar-refractivity contribution in [1.82, 2.24) is 4.98 Å². The van der Waals surface area contributed by atoms with E-state index in [9.17, 15) is 0 Å². The van der Waals surface area contributed by atoms with Crippen LogP contribution in [0.1, 0.15) is 35.4 Å². The third-order valence-corrected chi connectivity index (χ3v) is 6.70. The number of aromatic amines is 1. The van der Waals surface area contributed by atoms with E-state index in [0.717, 1.165) is 22.4 Å². The van der Waals surface area contributed by atoms with Crippen LogP contribution in [0, 0.1) is 0 Å². The highest BCUT2D eigenvalue weighted by Crippen LogP contribution is 2.46. The fourth-order valence-corrected chi connectivity index (χ4v) is 4.79. The highest BCUT2D eigenvalue weighted by molar-refractivity contribution is 5.20. The molecule has 4 atom stereocenters. The molecule has 1 N–H and O–H groups in total. The molecule has 0 amide bonds. The van der Waals surface area contributed by atoms with Crippen LogP contribution in [0.2, 0.25) is 0 Å². The van der Waals surface area contributed by atoms with E-state index in [1.807, 2.05) is 72.9 Å². The van der Waals surface area contributed by atoms with Gasteiger partial charge in [-0.3, -0.25) is 0 Å². The van der Waals surface area contributed by atoms with Gasteiger partial charge in [-0.05, 0) is 35.7 Å². The summed E-state index contributed by atoms with van der Waals surface area (Å²) in [4.78, 5) is 3.33. The molecule has 5 heteroatoms. The second kappa shape index (κ2) is 11.7. The van der Waals surface area contributed by atoms with Crippen molar-refractivity contribution in [1.29, 1.82) is 0 Å². The number of benzene rings is 3. The van der Waals surface area contributed by atoms with E-state index in [1.165, 1.54) is 0 Å². The Kier molecular flexibility index (Phi) is 7.94. The molecule has 1 fully saturated rings. The Balaban J connectivity index is 1.38. The molecule has 4 aromatic rings. The number of nitrogens with one attached hydrogen (secondary N) is 1. The summed E-state index contributed by atoms with van der Waals surface area (Å²) in [5, 5.41) is 0. The molecule has 5 nitrogen and oxygen atoms in total.